The van der Waals surface area contributed by atoms with Gasteiger partial charge in [0.05, 0.1) is 0 Å². The third-order valence-electron chi connectivity index (χ3n) is 2.89. The summed E-state index contributed by atoms with van der Waals surface area (Å²) in [6.45, 7) is 2.03. The van der Waals surface area contributed by atoms with Crippen LogP contribution in [0.3, 0.4) is 0 Å². The number of carbonyl (C=O) groups excluding carboxylic acids is 1. The molecule has 0 saturated carbocycles. The van der Waals surface area contributed by atoms with Crippen LogP contribution in [0.4, 0.5) is 0 Å². The summed E-state index contributed by atoms with van der Waals surface area (Å²) in [5, 5.41) is 4.17. The second-order valence-corrected chi connectivity index (χ2v) is 4.11. The predicted molar refractivity (Wildman–Crippen MR) is 67.0 cm³/mol. The molecule has 2 rings (SSSR count). The van der Waals surface area contributed by atoms with E-state index in [0.717, 1.165) is 12.0 Å². The smallest absolute Gasteiger partial charge is 0.190 e. The molecular weight excluding hydrogens is 212 g/mol. The summed E-state index contributed by atoms with van der Waals surface area (Å²) in [6, 6.07) is 11.6. The van der Waals surface area contributed by atoms with E-state index in [1.165, 1.54) is 0 Å². The lowest BCUT2D eigenvalue weighted by Gasteiger charge is -2.12. The van der Waals surface area contributed by atoms with Crippen molar-refractivity contribution in [3.05, 3.63) is 53.9 Å². The Morgan fingerprint density at radius 3 is 2.53 bits per heavy atom. The molecule has 3 nitrogen and oxygen atoms in total. The summed E-state index contributed by atoms with van der Waals surface area (Å²) in [6.07, 6.45) is 2.59. The van der Waals surface area contributed by atoms with Gasteiger partial charge in [-0.05, 0) is 18.1 Å². The van der Waals surface area contributed by atoms with Gasteiger partial charge < -0.3 is 0 Å². The van der Waals surface area contributed by atoms with Crippen molar-refractivity contribution in [2.45, 2.75) is 19.3 Å². The summed E-state index contributed by atoms with van der Waals surface area (Å²) in [5.74, 6) is 0.00500. The lowest BCUT2D eigenvalue weighted by molar-refractivity contribution is 0.0951. The van der Waals surface area contributed by atoms with Crippen molar-refractivity contribution in [3.8, 4) is 0 Å². The molecule has 0 spiro atoms. The zero-order chi connectivity index (χ0) is 12.3. The highest BCUT2D eigenvalue weighted by Gasteiger charge is 2.21. The minimum atomic E-state index is -0.0916. The summed E-state index contributed by atoms with van der Waals surface area (Å²) < 4.78 is 1.66. The standard InChI is InChI=1S/C14H16N2O/c1-3-12(11-7-5-4-6-8-11)14(17)13-9-10-16(2)15-13/h4-10,12H,3H2,1-2H3. The molecule has 0 aliphatic heterocycles. The van der Waals surface area contributed by atoms with Crippen molar-refractivity contribution in [1.29, 1.82) is 0 Å². The number of aryl methyl sites for hydroxylation is 1. The van der Waals surface area contributed by atoms with E-state index in [-0.39, 0.29) is 11.7 Å². The van der Waals surface area contributed by atoms with Crippen molar-refractivity contribution < 1.29 is 4.79 Å². The first-order valence-corrected chi connectivity index (χ1v) is 5.81. The number of rotatable bonds is 4. The number of nitrogens with zero attached hydrogens (tertiary/aromatic N) is 2. The van der Waals surface area contributed by atoms with E-state index in [9.17, 15) is 4.79 Å². The van der Waals surface area contributed by atoms with E-state index in [4.69, 9.17) is 0 Å². The SMILES string of the molecule is CCC(C(=O)c1ccn(C)n1)c1ccccc1. The van der Waals surface area contributed by atoms with E-state index < -0.39 is 0 Å². The Balaban J connectivity index is 2.28. The zero-order valence-electron chi connectivity index (χ0n) is 10.1. The Labute approximate surface area is 101 Å². The third-order valence-corrected chi connectivity index (χ3v) is 2.89. The van der Waals surface area contributed by atoms with Gasteiger partial charge in [-0.2, -0.15) is 5.10 Å². The summed E-state index contributed by atoms with van der Waals surface area (Å²) in [5.41, 5.74) is 1.61. The fourth-order valence-electron chi connectivity index (χ4n) is 1.98. The monoisotopic (exact) mass is 228 g/mol. The second-order valence-electron chi connectivity index (χ2n) is 4.11. The van der Waals surface area contributed by atoms with Crippen LogP contribution >= 0.6 is 0 Å². The van der Waals surface area contributed by atoms with Gasteiger partial charge >= 0.3 is 0 Å². The Morgan fingerprint density at radius 2 is 2.00 bits per heavy atom. The topological polar surface area (TPSA) is 34.9 Å². The van der Waals surface area contributed by atoms with Crippen LogP contribution in [0, 0.1) is 0 Å². The van der Waals surface area contributed by atoms with Crippen molar-refractivity contribution in [2.24, 2.45) is 7.05 Å². The van der Waals surface area contributed by atoms with Crippen LogP contribution in [-0.2, 0) is 7.05 Å². The molecular formula is C14H16N2O. The van der Waals surface area contributed by atoms with Gasteiger partial charge in [0, 0.05) is 19.2 Å². The molecule has 0 amide bonds. The van der Waals surface area contributed by atoms with Gasteiger partial charge in [0.25, 0.3) is 0 Å². The maximum atomic E-state index is 12.3. The maximum absolute atomic E-state index is 12.3. The predicted octanol–water partition coefficient (Wildman–Crippen LogP) is 2.80. The molecule has 1 heterocycles. The van der Waals surface area contributed by atoms with Crippen molar-refractivity contribution in [3.63, 3.8) is 0 Å². The molecule has 1 unspecified atom stereocenters. The van der Waals surface area contributed by atoms with Gasteiger partial charge in [-0.25, -0.2) is 0 Å². The van der Waals surface area contributed by atoms with Gasteiger partial charge in [-0.1, -0.05) is 37.3 Å². The quantitative estimate of drug-likeness (QED) is 0.754. The number of ketones is 1. The van der Waals surface area contributed by atoms with Crippen LogP contribution < -0.4 is 0 Å². The Kier molecular flexibility index (Phi) is 3.38. The van der Waals surface area contributed by atoms with Crippen molar-refractivity contribution in [2.75, 3.05) is 0 Å². The molecule has 1 aromatic heterocycles. The van der Waals surface area contributed by atoms with Gasteiger partial charge in [0.2, 0.25) is 0 Å². The molecule has 88 valence electrons. The minimum absolute atomic E-state index is 0.0916. The first-order valence-electron chi connectivity index (χ1n) is 5.81. The van der Waals surface area contributed by atoms with Gasteiger partial charge in [-0.15, -0.1) is 0 Å². The lowest BCUT2D eigenvalue weighted by atomic mass is 9.91. The van der Waals surface area contributed by atoms with E-state index >= 15 is 0 Å². The molecule has 0 N–H and O–H groups in total. The highest BCUT2D eigenvalue weighted by molar-refractivity contribution is 5.99. The fourth-order valence-corrected chi connectivity index (χ4v) is 1.98. The number of hydrogen-bond acceptors (Lipinski definition) is 2. The first-order chi connectivity index (χ1) is 8.22. The van der Waals surface area contributed by atoms with Crippen LogP contribution in [0.5, 0.6) is 0 Å². The lowest BCUT2D eigenvalue weighted by Crippen LogP contribution is -2.13. The van der Waals surface area contributed by atoms with E-state index in [1.807, 2.05) is 44.3 Å². The highest BCUT2D eigenvalue weighted by atomic mass is 16.1. The van der Waals surface area contributed by atoms with Crippen LogP contribution in [-0.4, -0.2) is 15.6 Å². The molecule has 0 radical (unpaired) electrons. The molecule has 3 heteroatoms. The molecule has 1 atom stereocenters. The first kappa shape index (κ1) is 11.6. The number of carbonyl (C=O) groups is 1. The van der Waals surface area contributed by atoms with E-state index in [1.54, 1.807) is 16.9 Å². The molecule has 0 fully saturated rings. The molecule has 0 aliphatic carbocycles. The molecule has 0 bridgehead atoms. The molecule has 17 heavy (non-hydrogen) atoms. The van der Waals surface area contributed by atoms with Gasteiger partial charge in [-0.3, -0.25) is 9.48 Å². The van der Waals surface area contributed by atoms with Crippen molar-refractivity contribution in [1.82, 2.24) is 9.78 Å². The molecule has 0 saturated heterocycles. The van der Waals surface area contributed by atoms with E-state index in [0.29, 0.717) is 5.69 Å². The summed E-state index contributed by atoms with van der Waals surface area (Å²) >= 11 is 0. The third kappa shape index (κ3) is 2.44. The van der Waals surface area contributed by atoms with Crippen LogP contribution in [0.25, 0.3) is 0 Å². The zero-order valence-corrected chi connectivity index (χ0v) is 10.1. The average Bonchev–Trinajstić information content (AvgIpc) is 2.78. The van der Waals surface area contributed by atoms with Gasteiger partial charge in [0.15, 0.2) is 5.78 Å². The van der Waals surface area contributed by atoms with Crippen LogP contribution in [0.15, 0.2) is 42.6 Å². The Hall–Kier alpha value is -1.90. The number of hydrogen-bond donors (Lipinski definition) is 0. The molecule has 0 aliphatic rings. The largest absolute Gasteiger partial charge is 0.292 e. The van der Waals surface area contributed by atoms with Gasteiger partial charge in [0.1, 0.15) is 5.69 Å². The second kappa shape index (κ2) is 4.95. The van der Waals surface area contributed by atoms with Crippen LogP contribution in [0.1, 0.15) is 35.3 Å². The summed E-state index contributed by atoms with van der Waals surface area (Å²) in [7, 11) is 1.82. The number of Topliss-reactive ketones (excluding diaryl/α,β-unsaturated/α-hetero) is 1. The van der Waals surface area contributed by atoms with Crippen LogP contribution in [0.2, 0.25) is 0 Å². The molecule has 2 aromatic rings. The average molecular weight is 228 g/mol. The molecule has 1 aromatic carbocycles. The fraction of sp³-hybridized carbons (Fsp3) is 0.286. The number of aromatic nitrogens is 2. The Morgan fingerprint density at radius 1 is 1.29 bits per heavy atom. The van der Waals surface area contributed by atoms with Crippen molar-refractivity contribution >= 4 is 5.78 Å². The Bertz CT molecular complexity index is 502. The minimum Gasteiger partial charge on any atom is -0.292 e. The highest BCUT2D eigenvalue weighted by Crippen LogP contribution is 2.23. The normalized spacial score (nSPS) is 12.4. The summed E-state index contributed by atoms with van der Waals surface area (Å²) in [4.78, 5) is 12.3. The maximum Gasteiger partial charge on any atom is 0.190 e. The van der Waals surface area contributed by atoms with E-state index in [2.05, 4.69) is 5.10 Å². The number of benzene rings is 1.